The average Bonchev–Trinajstić information content (AvgIpc) is 3.07. The maximum atomic E-state index is 13.0. The Balaban J connectivity index is 1.48. The van der Waals surface area contributed by atoms with Crippen LogP contribution in [0.1, 0.15) is 11.1 Å². The van der Waals surface area contributed by atoms with Crippen LogP contribution in [0.15, 0.2) is 78.0 Å². The number of anilines is 2. The van der Waals surface area contributed by atoms with E-state index < -0.39 is 27.5 Å². The fourth-order valence-corrected chi connectivity index (χ4v) is 5.34. The van der Waals surface area contributed by atoms with Gasteiger partial charge in [-0.15, -0.1) is 0 Å². The average molecular weight is 537 g/mol. The number of alkyl halides is 3. The van der Waals surface area contributed by atoms with E-state index in [1.54, 1.807) is 30.3 Å². The van der Waals surface area contributed by atoms with E-state index in [1.165, 1.54) is 47.6 Å². The van der Waals surface area contributed by atoms with Gasteiger partial charge in [0.2, 0.25) is 10.0 Å². The Kier molecular flexibility index (Phi) is 7.22. The topological polar surface area (TPSA) is 99.7 Å². The molecule has 1 aliphatic rings. The van der Waals surface area contributed by atoms with Crippen molar-refractivity contribution in [3.8, 4) is 0 Å². The molecule has 2 aromatic carbocycles. The first-order valence-electron chi connectivity index (χ1n) is 10.5. The van der Waals surface area contributed by atoms with Crippen LogP contribution >= 0.6 is 11.8 Å². The molecule has 188 valence electrons. The van der Waals surface area contributed by atoms with Crippen LogP contribution in [0.3, 0.4) is 0 Å². The Bertz CT molecular complexity index is 1370. The molecular formula is C23H19F3N4O4S2. The van der Waals surface area contributed by atoms with Gasteiger partial charge in [-0.1, -0.05) is 30.3 Å². The molecule has 3 aromatic rings. The molecule has 0 radical (unpaired) electrons. The molecule has 8 nitrogen and oxygen atoms in total. The van der Waals surface area contributed by atoms with E-state index in [0.717, 1.165) is 4.90 Å². The Labute approximate surface area is 209 Å². The largest absolute Gasteiger partial charge is 0.446 e. The van der Waals surface area contributed by atoms with Gasteiger partial charge in [0.1, 0.15) is 6.54 Å². The number of benzene rings is 2. The number of thioether (sulfide) groups is 1. The zero-order valence-corrected chi connectivity index (χ0v) is 20.1. The number of hydrogen-bond donors (Lipinski definition) is 1. The second kappa shape index (κ2) is 10.2. The van der Waals surface area contributed by atoms with Crippen LogP contribution in [0.2, 0.25) is 0 Å². The standard InChI is InChI=1S/C23H19F3N4O4S2/c24-23(25,26)35-19-8-6-18(7-9-19)30-21(31)14-29(22(30)32)13-17-10-11-27-12-20(17)28-36(33,34)15-16-4-2-1-3-5-16/h1-12,28H,13-15H2. The molecule has 3 amide bonds. The predicted octanol–water partition coefficient (Wildman–Crippen LogP) is 4.60. The lowest BCUT2D eigenvalue weighted by molar-refractivity contribution is -0.116. The summed E-state index contributed by atoms with van der Waals surface area (Å²) in [6.45, 7) is -0.370. The quantitative estimate of drug-likeness (QED) is 0.334. The second-order valence-electron chi connectivity index (χ2n) is 7.79. The van der Waals surface area contributed by atoms with E-state index in [1.807, 2.05) is 0 Å². The van der Waals surface area contributed by atoms with Gasteiger partial charge in [-0.2, -0.15) is 13.2 Å². The predicted molar refractivity (Wildman–Crippen MR) is 129 cm³/mol. The molecule has 4 rings (SSSR count). The number of nitrogens with zero attached hydrogens (tertiary/aromatic N) is 3. The molecule has 0 spiro atoms. The Morgan fingerprint density at radius 2 is 1.69 bits per heavy atom. The Hall–Kier alpha value is -3.58. The number of sulfonamides is 1. The zero-order valence-electron chi connectivity index (χ0n) is 18.5. The lowest BCUT2D eigenvalue weighted by atomic mass is 10.2. The number of halogens is 3. The summed E-state index contributed by atoms with van der Waals surface area (Å²) in [5, 5.41) is 0. The summed E-state index contributed by atoms with van der Waals surface area (Å²) < 4.78 is 65.5. The van der Waals surface area contributed by atoms with Crippen molar-refractivity contribution in [2.45, 2.75) is 22.7 Å². The highest BCUT2D eigenvalue weighted by Gasteiger charge is 2.37. The van der Waals surface area contributed by atoms with Crippen molar-refractivity contribution in [1.82, 2.24) is 9.88 Å². The second-order valence-corrected chi connectivity index (χ2v) is 10.6. The monoisotopic (exact) mass is 536 g/mol. The number of carbonyl (C=O) groups excluding carboxylic acids is 2. The van der Waals surface area contributed by atoms with Gasteiger partial charge in [-0.05, 0) is 53.2 Å². The molecular weight excluding hydrogens is 517 g/mol. The molecule has 1 N–H and O–H groups in total. The SMILES string of the molecule is O=C1CN(Cc2ccncc2NS(=O)(=O)Cc2ccccc2)C(=O)N1c1ccc(SC(F)(F)F)cc1. The van der Waals surface area contributed by atoms with Crippen LogP contribution in [-0.4, -0.2) is 42.3 Å². The Morgan fingerprint density at radius 3 is 2.36 bits per heavy atom. The maximum Gasteiger partial charge on any atom is 0.446 e. The van der Waals surface area contributed by atoms with Crippen LogP contribution in [0.5, 0.6) is 0 Å². The van der Waals surface area contributed by atoms with Gasteiger partial charge >= 0.3 is 11.5 Å². The minimum absolute atomic E-state index is 0.0774. The van der Waals surface area contributed by atoms with Crippen LogP contribution in [0.25, 0.3) is 0 Å². The van der Waals surface area contributed by atoms with Gasteiger partial charge in [0.15, 0.2) is 0 Å². The summed E-state index contributed by atoms with van der Waals surface area (Å²) >= 11 is -0.298. The number of pyridine rings is 1. The number of carbonyl (C=O) groups is 2. The van der Waals surface area contributed by atoms with E-state index in [2.05, 4.69) is 9.71 Å². The van der Waals surface area contributed by atoms with E-state index in [4.69, 9.17) is 0 Å². The van der Waals surface area contributed by atoms with Crippen molar-refractivity contribution in [1.29, 1.82) is 0 Å². The molecule has 0 atom stereocenters. The van der Waals surface area contributed by atoms with Gasteiger partial charge in [-0.25, -0.2) is 18.1 Å². The van der Waals surface area contributed by atoms with Crippen molar-refractivity contribution in [3.05, 3.63) is 84.2 Å². The van der Waals surface area contributed by atoms with Crippen molar-refractivity contribution < 1.29 is 31.2 Å². The fraction of sp³-hybridized carbons (Fsp3) is 0.174. The highest BCUT2D eigenvalue weighted by Crippen LogP contribution is 2.37. The molecule has 1 aliphatic heterocycles. The fourth-order valence-electron chi connectivity index (χ4n) is 3.58. The lowest BCUT2D eigenvalue weighted by Gasteiger charge is -2.19. The van der Waals surface area contributed by atoms with Gasteiger partial charge in [-0.3, -0.25) is 14.5 Å². The van der Waals surface area contributed by atoms with Crippen molar-refractivity contribution >= 4 is 45.1 Å². The highest BCUT2D eigenvalue weighted by atomic mass is 32.2. The van der Waals surface area contributed by atoms with Gasteiger partial charge in [0.25, 0.3) is 5.91 Å². The van der Waals surface area contributed by atoms with E-state index >= 15 is 0 Å². The molecule has 2 heterocycles. The number of nitrogens with one attached hydrogen (secondary N) is 1. The normalized spacial score (nSPS) is 14.4. The number of rotatable bonds is 8. The van der Waals surface area contributed by atoms with E-state index in [-0.39, 0.29) is 46.9 Å². The summed E-state index contributed by atoms with van der Waals surface area (Å²) in [6, 6.07) is 14.3. The molecule has 0 saturated carbocycles. The molecule has 0 bridgehead atoms. The van der Waals surface area contributed by atoms with Crippen LogP contribution < -0.4 is 9.62 Å². The third-order valence-electron chi connectivity index (χ3n) is 5.10. The van der Waals surface area contributed by atoms with Gasteiger partial charge < -0.3 is 4.90 Å². The zero-order chi connectivity index (χ0) is 25.9. The molecule has 0 aliphatic carbocycles. The minimum atomic E-state index is -4.46. The van der Waals surface area contributed by atoms with E-state index in [0.29, 0.717) is 11.1 Å². The molecule has 1 fully saturated rings. The number of amides is 3. The molecule has 13 heteroatoms. The number of imide groups is 1. The summed E-state index contributed by atoms with van der Waals surface area (Å²) in [7, 11) is -3.79. The smallest absolute Gasteiger partial charge is 0.310 e. The third-order valence-corrected chi connectivity index (χ3v) is 7.09. The van der Waals surface area contributed by atoms with Gasteiger partial charge in [0, 0.05) is 11.1 Å². The number of hydrogen-bond acceptors (Lipinski definition) is 6. The minimum Gasteiger partial charge on any atom is -0.310 e. The van der Waals surface area contributed by atoms with Crippen molar-refractivity contribution in [3.63, 3.8) is 0 Å². The lowest BCUT2D eigenvalue weighted by Crippen LogP contribution is -2.33. The van der Waals surface area contributed by atoms with Gasteiger partial charge in [0.05, 0.1) is 29.9 Å². The van der Waals surface area contributed by atoms with E-state index in [9.17, 15) is 31.2 Å². The van der Waals surface area contributed by atoms with Crippen LogP contribution in [0, 0.1) is 0 Å². The molecule has 1 saturated heterocycles. The van der Waals surface area contributed by atoms with Crippen molar-refractivity contribution in [2.75, 3.05) is 16.2 Å². The number of aromatic nitrogens is 1. The molecule has 1 aromatic heterocycles. The first-order valence-corrected chi connectivity index (χ1v) is 12.9. The summed E-state index contributed by atoms with van der Waals surface area (Å²) in [6.07, 6.45) is 2.75. The summed E-state index contributed by atoms with van der Waals surface area (Å²) in [4.78, 5) is 31.5. The highest BCUT2D eigenvalue weighted by molar-refractivity contribution is 8.00. The van der Waals surface area contributed by atoms with Crippen LogP contribution in [0.4, 0.5) is 29.3 Å². The first kappa shape index (κ1) is 25.5. The Morgan fingerprint density at radius 1 is 1.00 bits per heavy atom. The first-order chi connectivity index (χ1) is 17.0. The summed E-state index contributed by atoms with van der Waals surface area (Å²) in [5.41, 5.74) is -3.14. The molecule has 0 unspecified atom stereocenters. The van der Waals surface area contributed by atoms with Crippen molar-refractivity contribution in [2.24, 2.45) is 0 Å². The third kappa shape index (κ3) is 6.34. The maximum absolute atomic E-state index is 13.0. The van der Waals surface area contributed by atoms with Crippen LogP contribution in [-0.2, 0) is 27.1 Å². The molecule has 36 heavy (non-hydrogen) atoms. The number of urea groups is 1. The summed E-state index contributed by atoms with van der Waals surface area (Å²) in [5.74, 6) is -0.823.